The Morgan fingerprint density at radius 3 is 1.36 bits per heavy atom. The van der Waals surface area contributed by atoms with Crippen LogP contribution in [0.2, 0.25) is 0 Å². The van der Waals surface area contributed by atoms with Gasteiger partial charge in [0, 0.05) is 28.9 Å². The molecule has 8 rings (SSSR count). The lowest BCUT2D eigenvalue weighted by Gasteiger charge is -2.38. The van der Waals surface area contributed by atoms with Crippen LogP contribution in [-0.2, 0) is 10.2 Å². The van der Waals surface area contributed by atoms with E-state index in [1.54, 1.807) is 26.2 Å². The quantitative estimate of drug-likeness (QED) is 0.0495. The third-order valence-corrected chi connectivity index (χ3v) is 12.1. The van der Waals surface area contributed by atoms with Gasteiger partial charge in [0.2, 0.25) is 0 Å². The number of hydrogen-bond donors (Lipinski definition) is 0. The molecule has 1 saturated carbocycles. The summed E-state index contributed by atoms with van der Waals surface area (Å²) in [7, 11) is 1.66. The molecule has 0 atom stereocenters. The summed E-state index contributed by atoms with van der Waals surface area (Å²) >= 11 is 0. The molecule has 0 aromatic heterocycles. The predicted molar refractivity (Wildman–Crippen MR) is 256 cm³/mol. The van der Waals surface area contributed by atoms with Crippen molar-refractivity contribution in [2.75, 3.05) is 12.0 Å². The standard InChI is InChI=1S/C57H53NO6/c1-5-55(59)62-51-33-19-45(20-34-51)57(37-7-6-8-38-57)46-21-35-53(36-22-46)64-56(60)63-52-31-17-44(18-32-52)54(43-15-29-50(61-4)30-16-43)39-42-13-27-49(28-14-42)58(47-23-9-40(2)10-24-47)48-25-11-41(3)12-26-48/h9-36,39H,5-8,37-38H2,1-4H3. The highest BCUT2D eigenvalue weighted by Gasteiger charge is 2.36. The highest BCUT2D eigenvalue weighted by atomic mass is 16.7. The van der Waals surface area contributed by atoms with Gasteiger partial charge in [0.25, 0.3) is 0 Å². The average molecular weight is 848 g/mol. The maximum atomic E-state index is 13.1. The molecule has 0 radical (unpaired) electrons. The molecule has 0 heterocycles. The normalized spacial score (nSPS) is 13.4. The number of carbonyl (C=O) groups excluding carboxylic acids is 2. The van der Waals surface area contributed by atoms with Gasteiger partial charge in [-0.15, -0.1) is 0 Å². The summed E-state index contributed by atoms with van der Waals surface area (Å²) in [5.41, 5.74) is 11.8. The number of rotatable bonds is 13. The molecule has 0 bridgehead atoms. The Hall–Kier alpha value is -7.38. The van der Waals surface area contributed by atoms with Gasteiger partial charge in [-0.1, -0.05) is 122 Å². The lowest BCUT2D eigenvalue weighted by molar-refractivity contribution is -0.134. The van der Waals surface area contributed by atoms with Crippen LogP contribution < -0.4 is 23.8 Å². The molecule has 0 aliphatic heterocycles. The van der Waals surface area contributed by atoms with Crippen LogP contribution in [0.3, 0.4) is 0 Å². The van der Waals surface area contributed by atoms with Gasteiger partial charge in [-0.3, -0.25) is 4.79 Å². The van der Waals surface area contributed by atoms with E-state index in [0.29, 0.717) is 23.7 Å². The van der Waals surface area contributed by atoms with E-state index in [4.69, 9.17) is 18.9 Å². The largest absolute Gasteiger partial charge is 0.519 e. The molecule has 0 amide bonds. The van der Waals surface area contributed by atoms with Gasteiger partial charge in [0.1, 0.15) is 23.0 Å². The van der Waals surface area contributed by atoms with E-state index in [1.165, 1.54) is 23.1 Å². The van der Waals surface area contributed by atoms with Gasteiger partial charge in [-0.25, -0.2) is 4.79 Å². The van der Waals surface area contributed by atoms with E-state index in [1.807, 2.05) is 72.8 Å². The topological polar surface area (TPSA) is 74.3 Å². The van der Waals surface area contributed by atoms with Crippen molar-refractivity contribution in [1.82, 2.24) is 0 Å². The molecule has 0 unspecified atom stereocenters. The Morgan fingerprint density at radius 1 is 0.516 bits per heavy atom. The molecule has 1 fully saturated rings. The Balaban J connectivity index is 0.987. The monoisotopic (exact) mass is 847 g/mol. The number of aryl methyl sites for hydroxylation is 2. The molecule has 0 spiro atoms. The van der Waals surface area contributed by atoms with Gasteiger partial charge in [-0.2, -0.15) is 0 Å². The van der Waals surface area contributed by atoms with Crippen molar-refractivity contribution in [3.05, 3.63) is 209 Å². The number of nitrogens with zero attached hydrogens (tertiary/aromatic N) is 1. The second-order valence-electron chi connectivity index (χ2n) is 16.4. The zero-order chi connectivity index (χ0) is 44.5. The fourth-order valence-corrected chi connectivity index (χ4v) is 8.53. The van der Waals surface area contributed by atoms with Crippen molar-refractivity contribution in [2.45, 2.75) is 64.7 Å². The van der Waals surface area contributed by atoms with Crippen molar-refractivity contribution < 1.29 is 28.5 Å². The molecular weight excluding hydrogens is 795 g/mol. The maximum absolute atomic E-state index is 13.1. The number of hydrogen-bond acceptors (Lipinski definition) is 7. The van der Waals surface area contributed by atoms with E-state index in [-0.39, 0.29) is 11.4 Å². The first-order valence-electron chi connectivity index (χ1n) is 22.0. The Bertz CT molecular complexity index is 2630. The number of benzene rings is 7. The maximum Gasteiger partial charge on any atom is 0.519 e. The SMILES string of the molecule is CCC(=O)Oc1ccc(C2(c3ccc(OC(=O)Oc4ccc(C(=Cc5ccc(N(c6ccc(C)cc6)c6ccc(C)cc6)cc5)c5ccc(OC)cc5)cc4)cc3)CCCCC2)cc1. The first-order chi connectivity index (χ1) is 31.2. The van der Waals surface area contributed by atoms with E-state index in [2.05, 4.69) is 110 Å². The summed E-state index contributed by atoms with van der Waals surface area (Å²) in [4.78, 5) is 27.2. The van der Waals surface area contributed by atoms with Gasteiger partial charge >= 0.3 is 12.1 Å². The van der Waals surface area contributed by atoms with Crippen molar-refractivity contribution in [3.8, 4) is 23.0 Å². The van der Waals surface area contributed by atoms with Crippen LogP contribution in [0.1, 0.15) is 84.4 Å². The van der Waals surface area contributed by atoms with E-state index >= 15 is 0 Å². The first-order valence-corrected chi connectivity index (χ1v) is 22.0. The molecule has 7 aromatic carbocycles. The molecular formula is C57H53NO6. The molecule has 0 saturated heterocycles. The zero-order valence-electron chi connectivity index (χ0n) is 36.9. The van der Waals surface area contributed by atoms with E-state index in [0.717, 1.165) is 76.3 Å². The summed E-state index contributed by atoms with van der Waals surface area (Å²) in [6.07, 6.45) is 7.10. The van der Waals surface area contributed by atoms with Crippen LogP contribution in [0.25, 0.3) is 11.6 Å². The first kappa shape index (κ1) is 43.3. The fourth-order valence-electron chi connectivity index (χ4n) is 8.53. The number of methoxy groups -OCH3 is 1. The Kier molecular flexibility index (Phi) is 13.4. The molecule has 7 aromatic rings. The molecule has 322 valence electrons. The summed E-state index contributed by atoms with van der Waals surface area (Å²) in [5.74, 6) is 1.83. The average Bonchev–Trinajstić information content (AvgIpc) is 3.33. The van der Waals surface area contributed by atoms with Crippen LogP contribution >= 0.6 is 0 Å². The van der Waals surface area contributed by atoms with Crippen molar-refractivity contribution >= 4 is 40.8 Å². The minimum atomic E-state index is -0.818. The minimum absolute atomic E-state index is 0.181. The summed E-state index contributed by atoms with van der Waals surface area (Å²) < 4.78 is 22.2. The third kappa shape index (κ3) is 10.1. The third-order valence-electron chi connectivity index (χ3n) is 12.1. The van der Waals surface area contributed by atoms with E-state index in [9.17, 15) is 9.59 Å². The molecule has 7 heteroatoms. The van der Waals surface area contributed by atoms with Crippen molar-refractivity contribution in [2.24, 2.45) is 0 Å². The molecule has 7 nitrogen and oxygen atoms in total. The number of ether oxygens (including phenoxy) is 4. The van der Waals surface area contributed by atoms with Crippen LogP contribution in [0, 0.1) is 13.8 Å². The van der Waals surface area contributed by atoms with Gasteiger partial charge in [0.15, 0.2) is 0 Å². The second kappa shape index (κ2) is 19.8. The van der Waals surface area contributed by atoms with Crippen molar-refractivity contribution in [1.29, 1.82) is 0 Å². The highest BCUT2D eigenvalue weighted by Crippen LogP contribution is 2.46. The molecule has 0 N–H and O–H groups in total. The smallest absolute Gasteiger partial charge is 0.497 e. The zero-order valence-corrected chi connectivity index (χ0v) is 36.9. The van der Waals surface area contributed by atoms with Crippen LogP contribution in [-0.4, -0.2) is 19.2 Å². The van der Waals surface area contributed by atoms with Crippen LogP contribution in [0.5, 0.6) is 23.0 Å². The predicted octanol–water partition coefficient (Wildman–Crippen LogP) is 14.5. The number of esters is 1. The van der Waals surface area contributed by atoms with Gasteiger partial charge < -0.3 is 23.8 Å². The summed E-state index contributed by atoms with van der Waals surface area (Å²) in [6, 6.07) is 56.8. The Morgan fingerprint density at radius 2 is 0.922 bits per heavy atom. The van der Waals surface area contributed by atoms with Crippen LogP contribution in [0.15, 0.2) is 170 Å². The molecule has 1 aliphatic rings. The molecule has 64 heavy (non-hydrogen) atoms. The summed E-state index contributed by atoms with van der Waals surface area (Å²) in [6.45, 7) is 5.98. The lowest BCUT2D eigenvalue weighted by Crippen LogP contribution is -2.30. The van der Waals surface area contributed by atoms with Gasteiger partial charge in [0.05, 0.1) is 7.11 Å². The highest BCUT2D eigenvalue weighted by molar-refractivity contribution is 5.92. The van der Waals surface area contributed by atoms with Crippen molar-refractivity contribution in [3.63, 3.8) is 0 Å². The van der Waals surface area contributed by atoms with Crippen LogP contribution in [0.4, 0.5) is 21.9 Å². The number of carbonyl (C=O) groups is 2. The summed E-state index contributed by atoms with van der Waals surface area (Å²) in [5, 5.41) is 0. The number of anilines is 3. The lowest BCUT2D eigenvalue weighted by atomic mass is 9.65. The Labute approximate surface area is 376 Å². The molecule has 1 aliphatic carbocycles. The van der Waals surface area contributed by atoms with E-state index < -0.39 is 6.16 Å². The minimum Gasteiger partial charge on any atom is -0.497 e. The second-order valence-corrected chi connectivity index (χ2v) is 16.4. The van der Waals surface area contributed by atoms with Gasteiger partial charge in [-0.05, 0) is 151 Å². The fraction of sp³-hybridized carbons (Fsp3) is 0.193.